The number of hydrogen-bond acceptors (Lipinski definition) is 3. The predicted octanol–water partition coefficient (Wildman–Crippen LogP) is 1.35. The van der Waals surface area contributed by atoms with E-state index in [4.69, 9.17) is 11.1 Å². The Morgan fingerprint density at radius 1 is 1.67 bits per heavy atom. The lowest BCUT2D eigenvalue weighted by Gasteiger charge is -2.25. The summed E-state index contributed by atoms with van der Waals surface area (Å²) in [4.78, 5) is 6.45. The second-order valence-electron chi connectivity index (χ2n) is 3.97. The van der Waals surface area contributed by atoms with E-state index in [9.17, 15) is 0 Å². The van der Waals surface area contributed by atoms with Gasteiger partial charge in [0, 0.05) is 18.8 Å². The minimum atomic E-state index is 0.0460. The molecule has 1 fully saturated rings. The van der Waals surface area contributed by atoms with Crippen molar-refractivity contribution >= 4 is 11.5 Å². The van der Waals surface area contributed by atoms with E-state index in [1.54, 1.807) is 6.20 Å². The van der Waals surface area contributed by atoms with E-state index in [1.165, 1.54) is 12.8 Å². The van der Waals surface area contributed by atoms with Gasteiger partial charge in [-0.25, -0.2) is 0 Å². The molecule has 2 heterocycles. The first-order chi connectivity index (χ1) is 7.20. The van der Waals surface area contributed by atoms with Gasteiger partial charge in [-0.15, -0.1) is 0 Å². The average Bonchev–Trinajstić information content (AvgIpc) is 2.64. The van der Waals surface area contributed by atoms with Crippen molar-refractivity contribution in [1.82, 2.24) is 4.98 Å². The molecule has 1 aromatic heterocycles. The first-order valence-corrected chi connectivity index (χ1v) is 5.26. The summed E-state index contributed by atoms with van der Waals surface area (Å²) >= 11 is 0. The molecule has 1 saturated heterocycles. The number of nitrogens with one attached hydrogen (secondary N) is 1. The van der Waals surface area contributed by atoms with Crippen molar-refractivity contribution in [2.45, 2.75) is 25.8 Å². The van der Waals surface area contributed by atoms with Crippen LogP contribution in [-0.4, -0.2) is 23.4 Å². The minimum Gasteiger partial charge on any atom is -0.382 e. The lowest BCUT2D eigenvalue weighted by molar-refractivity contribution is 0.733. The van der Waals surface area contributed by atoms with Crippen molar-refractivity contribution in [3.63, 3.8) is 0 Å². The number of hydrogen-bond donors (Lipinski definition) is 2. The SMILES string of the molecule is CC1CCCN1c1cccnc1C(=N)N. The molecule has 4 nitrogen and oxygen atoms in total. The van der Waals surface area contributed by atoms with Crippen LogP contribution in [0.1, 0.15) is 25.5 Å². The zero-order chi connectivity index (χ0) is 10.8. The first kappa shape index (κ1) is 9.96. The monoisotopic (exact) mass is 204 g/mol. The first-order valence-electron chi connectivity index (χ1n) is 5.26. The number of nitrogen functional groups attached to an aromatic ring is 1. The van der Waals surface area contributed by atoms with Crippen molar-refractivity contribution < 1.29 is 0 Å². The van der Waals surface area contributed by atoms with Crippen molar-refractivity contribution in [2.75, 3.05) is 11.4 Å². The molecule has 0 aliphatic carbocycles. The van der Waals surface area contributed by atoms with Gasteiger partial charge in [-0.2, -0.15) is 0 Å². The summed E-state index contributed by atoms with van der Waals surface area (Å²) in [6.45, 7) is 3.23. The smallest absolute Gasteiger partial charge is 0.143 e. The van der Waals surface area contributed by atoms with Crippen molar-refractivity contribution in [3.8, 4) is 0 Å². The molecule has 0 spiro atoms. The van der Waals surface area contributed by atoms with Crippen LogP contribution >= 0.6 is 0 Å². The number of rotatable bonds is 2. The maximum atomic E-state index is 7.49. The van der Waals surface area contributed by atoms with Gasteiger partial charge in [-0.05, 0) is 31.9 Å². The van der Waals surface area contributed by atoms with Gasteiger partial charge in [-0.3, -0.25) is 10.4 Å². The molecule has 0 amide bonds. The van der Waals surface area contributed by atoms with Gasteiger partial charge in [0.1, 0.15) is 11.5 Å². The number of anilines is 1. The zero-order valence-electron chi connectivity index (χ0n) is 8.90. The molecule has 15 heavy (non-hydrogen) atoms. The van der Waals surface area contributed by atoms with E-state index in [-0.39, 0.29) is 5.84 Å². The highest BCUT2D eigenvalue weighted by atomic mass is 15.2. The summed E-state index contributed by atoms with van der Waals surface area (Å²) in [6.07, 6.45) is 4.08. The molecular formula is C11H16N4. The molecule has 0 radical (unpaired) electrons. The zero-order valence-corrected chi connectivity index (χ0v) is 8.90. The standard InChI is InChI=1S/C11H16N4/c1-8-4-3-7-15(8)9-5-2-6-14-10(9)11(12)13/h2,5-6,8H,3-4,7H2,1H3,(H3,12,13). The van der Waals surface area contributed by atoms with Crippen LogP contribution in [-0.2, 0) is 0 Å². The predicted molar refractivity (Wildman–Crippen MR) is 61.3 cm³/mol. The van der Waals surface area contributed by atoms with E-state index >= 15 is 0 Å². The highest BCUT2D eigenvalue weighted by Gasteiger charge is 2.23. The molecular weight excluding hydrogens is 188 g/mol. The highest BCUT2D eigenvalue weighted by molar-refractivity contribution is 5.98. The maximum Gasteiger partial charge on any atom is 0.143 e. The Kier molecular flexibility index (Phi) is 2.58. The number of amidine groups is 1. The third kappa shape index (κ3) is 1.79. The molecule has 1 aromatic rings. The molecule has 80 valence electrons. The molecule has 3 N–H and O–H groups in total. The molecule has 4 heteroatoms. The summed E-state index contributed by atoms with van der Waals surface area (Å²) in [6, 6.07) is 4.41. The Hall–Kier alpha value is -1.58. The van der Waals surface area contributed by atoms with Gasteiger partial charge in [0.2, 0.25) is 0 Å². The van der Waals surface area contributed by atoms with E-state index in [1.807, 2.05) is 12.1 Å². The van der Waals surface area contributed by atoms with Gasteiger partial charge in [0.25, 0.3) is 0 Å². The molecule has 0 saturated carbocycles. The Bertz CT molecular complexity index is 375. The average molecular weight is 204 g/mol. The van der Waals surface area contributed by atoms with Crippen LogP contribution < -0.4 is 10.6 Å². The number of nitrogens with zero attached hydrogens (tertiary/aromatic N) is 2. The van der Waals surface area contributed by atoms with Crippen LogP contribution in [0.15, 0.2) is 18.3 Å². The maximum absolute atomic E-state index is 7.49. The Labute approximate surface area is 89.6 Å². The quantitative estimate of drug-likeness (QED) is 0.564. The number of pyridine rings is 1. The highest BCUT2D eigenvalue weighted by Crippen LogP contribution is 2.26. The fourth-order valence-electron chi connectivity index (χ4n) is 2.13. The lowest BCUT2D eigenvalue weighted by Crippen LogP contribution is -2.29. The molecule has 0 bridgehead atoms. The van der Waals surface area contributed by atoms with Gasteiger partial charge in [-0.1, -0.05) is 0 Å². The van der Waals surface area contributed by atoms with Crippen molar-refractivity contribution in [3.05, 3.63) is 24.0 Å². The van der Waals surface area contributed by atoms with E-state index < -0.39 is 0 Å². The Balaban J connectivity index is 2.38. The molecule has 1 aliphatic heterocycles. The van der Waals surface area contributed by atoms with E-state index in [0.717, 1.165) is 12.2 Å². The van der Waals surface area contributed by atoms with Crippen LogP contribution in [0.25, 0.3) is 0 Å². The van der Waals surface area contributed by atoms with Gasteiger partial charge in [0.15, 0.2) is 0 Å². The van der Waals surface area contributed by atoms with Crippen LogP contribution in [0.2, 0.25) is 0 Å². The molecule has 1 aliphatic rings. The third-order valence-electron chi connectivity index (χ3n) is 2.90. The summed E-state index contributed by atoms with van der Waals surface area (Å²) in [7, 11) is 0. The van der Waals surface area contributed by atoms with E-state index in [0.29, 0.717) is 11.7 Å². The van der Waals surface area contributed by atoms with Gasteiger partial charge in [0.05, 0.1) is 5.69 Å². The van der Waals surface area contributed by atoms with E-state index in [2.05, 4.69) is 16.8 Å². The molecule has 2 rings (SSSR count). The van der Waals surface area contributed by atoms with Crippen molar-refractivity contribution in [2.24, 2.45) is 5.73 Å². The van der Waals surface area contributed by atoms with Crippen molar-refractivity contribution in [1.29, 1.82) is 5.41 Å². The third-order valence-corrected chi connectivity index (χ3v) is 2.90. The van der Waals surface area contributed by atoms with Crippen LogP contribution in [0.3, 0.4) is 0 Å². The lowest BCUT2D eigenvalue weighted by atomic mass is 10.2. The number of nitrogens with two attached hydrogens (primary N) is 1. The Morgan fingerprint density at radius 2 is 2.47 bits per heavy atom. The fraction of sp³-hybridized carbons (Fsp3) is 0.455. The Morgan fingerprint density at radius 3 is 3.07 bits per heavy atom. The van der Waals surface area contributed by atoms with Gasteiger partial charge < -0.3 is 10.6 Å². The van der Waals surface area contributed by atoms with Crippen LogP contribution in [0.5, 0.6) is 0 Å². The normalized spacial score (nSPS) is 20.6. The van der Waals surface area contributed by atoms with Gasteiger partial charge >= 0.3 is 0 Å². The topological polar surface area (TPSA) is 66.0 Å². The number of aromatic nitrogens is 1. The summed E-state index contributed by atoms with van der Waals surface area (Å²) in [5.74, 6) is 0.0460. The summed E-state index contributed by atoms with van der Waals surface area (Å²) in [5.41, 5.74) is 7.12. The van der Waals surface area contributed by atoms with Crippen LogP contribution in [0, 0.1) is 5.41 Å². The minimum absolute atomic E-state index is 0.0460. The molecule has 1 unspecified atom stereocenters. The second-order valence-corrected chi connectivity index (χ2v) is 3.97. The molecule has 0 aromatic carbocycles. The summed E-state index contributed by atoms with van der Waals surface area (Å²) in [5, 5.41) is 7.49. The van der Waals surface area contributed by atoms with Crippen LogP contribution in [0.4, 0.5) is 5.69 Å². The summed E-state index contributed by atoms with van der Waals surface area (Å²) < 4.78 is 0. The second kappa shape index (κ2) is 3.88. The fourth-order valence-corrected chi connectivity index (χ4v) is 2.13. The largest absolute Gasteiger partial charge is 0.382 e. The molecule has 1 atom stereocenters.